The molecule has 0 atom stereocenters. The summed E-state index contributed by atoms with van der Waals surface area (Å²) in [5.41, 5.74) is 0.563. The Bertz CT molecular complexity index is 172. The summed E-state index contributed by atoms with van der Waals surface area (Å²) in [4.78, 5) is 0. The fourth-order valence-electron chi connectivity index (χ4n) is 0.504. The minimum Gasteiger partial charge on any atom is -0.872 e. The molecule has 2 radical (unpaired) electrons. The average molecular weight is 152 g/mol. The maximum absolute atomic E-state index is 10.6. The molecule has 1 aliphatic rings. The molecule has 0 heterocycles. The summed E-state index contributed by atoms with van der Waals surface area (Å²) < 4.78 is 0. The van der Waals surface area contributed by atoms with Crippen molar-refractivity contribution in [1.82, 2.24) is 0 Å². The Balaban J connectivity index is 0. The Labute approximate surface area is 116 Å². The molecule has 0 bridgehead atoms. The zero-order chi connectivity index (χ0) is 5.98. The van der Waals surface area contributed by atoms with E-state index < -0.39 is 0 Å². The first-order valence-corrected chi connectivity index (χ1v) is 2.39. The van der Waals surface area contributed by atoms with E-state index >= 15 is 0 Å². The van der Waals surface area contributed by atoms with Gasteiger partial charge in [-0.25, -0.2) is 0 Å². The monoisotopic (exact) mass is 152 g/mol. The first kappa shape index (κ1) is 13.8. The van der Waals surface area contributed by atoms with Crippen molar-refractivity contribution < 1.29 is 24.0 Å². The van der Waals surface area contributed by atoms with Gasteiger partial charge in [0.1, 0.15) is 0 Å². The van der Waals surface area contributed by atoms with Gasteiger partial charge in [-0.2, -0.15) is 0 Å². The fourth-order valence-corrected chi connectivity index (χ4v) is 0.504. The van der Waals surface area contributed by atoms with Crippen LogP contribution in [0.4, 0.5) is 0 Å². The van der Waals surface area contributed by atoms with Gasteiger partial charge in [0.2, 0.25) is 0 Å². The molecule has 1 aliphatic carbocycles. The second-order valence-corrected chi connectivity index (χ2v) is 1.61. The van der Waals surface area contributed by atoms with Gasteiger partial charge in [-0.15, -0.1) is 5.76 Å². The number of rotatable bonds is 0. The molecule has 42 valence electrons. The maximum atomic E-state index is 10.6. The number of hydrogen-bond acceptors (Lipinski definition) is 1. The SMILES string of the molecule is C=C1[CH]C=CC=C1[O-].[K].[Li+]. The smallest absolute Gasteiger partial charge is 0.872 e. The largest absolute Gasteiger partial charge is 1.00 e. The average Bonchev–Trinajstić information content (AvgIpc) is 1.77. The van der Waals surface area contributed by atoms with Crippen molar-refractivity contribution in [2.24, 2.45) is 0 Å². The van der Waals surface area contributed by atoms with Gasteiger partial charge < -0.3 is 5.11 Å². The van der Waals surface area contributed by atoms with Crippen LogP contribution in [0.3, 0.4) is 0 Å². The van der Waals surface area contributed by atoms with Crippen LogP contribution in [-0.4, -0.2) is 51.4 Å². The maximum Gasteiger partial charge on any atom is 1.00 e. The van der Waals surface area contributed by atoms with E-state index in [0.29, 0.717) is 5.57 Å². The molecule has 0 aromatic heterocycles. The van der Waals surface area contributed by atoms with Gasteiger partial charge >= 0.3 is 18.9 Å². The predicted molar refractivity (Wildman–Crippen MR) is 36.4 cm³/mol. The van der Waals surface area contributed by atoms with Crippen LogP contribution in [0, 0.1) is 6.42 Å². The van der Waals surface area contributed by atoms with Gasteiger partial charge in [0, 0.05) is 57.8 Å². The van der Waals surface area contributed by atoms with Crippen LogP contribution in [0.1, 0.15) is 0 Å². The van der Waals surface area contributed by atoms with Crippen molar-refractivity contribution in [2.75, 3.05) is 0 Å². The van der Waals surface area contributed by atoms with E-state index in [1.165, 1.54) is 6.08 Å². The van der Waals surface area contributed by atoms with Crippen molar-refractivity contribution in [3.8, 4) is 0 Å². The molecular weight excluding hydrogens is 146 g/mol. The molecule has 0 aromatic rings. The molecule has 0 unspecified atom stereocenters. The predicted octanol–water partition coefficient (Wildman–Crippen LogP) is -2.82. The van der Waals surface area contributed by atoms with E-state index in [-0.39, 0.29) is 76.0 Å². The van der Waals surface area contributed by atoms with E-state index in [1.807, 2.05) is 0 Å². The molecule has 1 nitrogen and oxygen atoms in total. The summed E-state index contributed by atoms with van der Waals surface area (Å²) in [6, 6.07) is 0. The van der Waals surface area contributed by atoms with E-state index in [1.54, 1.807) is 18.6 Å². The molecule has 0 saturated carbocycles. The summed E-state index contributed by atoms with van der Waals surface area (Å²) >= 11 is 0. The molecular formula is C7H6KLiO. The molecule has 0 fully saturated rings. The third kappa shape index (κ3) is 4.20. The Morgan fingerprint density at radius 1 is 1.30 bits per heavy atom. The van der Waals surface area contributed by atoms with Crippen LogP contribution in [0.5, 0.6) is 0 Å². The van der Waals surface area contributed by atoms with Gasteiger partial charge in [0.15, 0.2) is 0 Å². The topological polar surface area (TPSA) is 23.1 Å². The van der Waals surface area contributed by atoms with Crippen LogP contribution in [0.25, 0.3) is 0 Å². The summed E-state index contributed by atoms with van der Waals surface area (Å²) in [7, 11) is 0. The van der Waals surface area contributed by atoms with Crippen LogP contribution >= 0.6 is 0 Å². The minimum absolute atomic E-state index is 0. The molecule has 0 saturated heterocycles. The molecule has 0 N–H and O–H groups in total. The number of hydrogen-bond donors (Lipinski definition) is 0. The van der Waals surface area contributed by atoms with E-state index in [0.717, 1.165) is 0 Å². The fraction of sp³-hybridized carbons (Fsp3) is 0. The van der Waals surface area contributed by atoms with Crippen molar-refractivity contribution in [2.45, 2.75) is 0 Å². The van der Waals surface area contributed by atoms with Gasteiger partial charge in [0.05, 0.1) is 0 Å². The zero-order valence-electron chi connectivity index (χ0n) is 6.42. The van der Waals surface area contributed by atoms with Crippen molar-refractivity contribution in [3.05, 3.63) is 42.6 Å². The second kappa shape index (κ2) is 6.93. The molecule has 10 heavy (non-hydrogen) atoms. The van der Waals surface area contributed by atoms with Crippen LogP contribution < -0.4 is 24.0 Å². The van der Waals surface area contributed by atoms with Crippen LogP contribution in [0.2, 0.25) is 0 Å². The molecule has 0 aromatic carbocycles. The van der Waals surface area contributed by atoms with Gasteiger partial charge in [-0.3, -0.25) is 0 Å². The summed E-state index contributed by atoms with van der Waals surface area (Å²) in [6.07, 6.45) is 6.70. The quantitative estimate of drug-likeness (QED) is 0.343. The first-order valence-electron chi connectivity index (χ1n) is 2.39. The Kier molecular flexibility index (Phi) is 9.58. The summed E-state index contributed by atoms with van der Waals surface area (Å²) in [6.45, 7) is 3.51. The Hall–Kier alpha value is 1.25. The first-order chi connectivity index (χ1) is 3.80. The second-order valence-electron chi connectivity index (χ2n) is 1.61. The molecule has 0 amide bonds. The van der Waals surface area contributed by atoms with E-state index in [2.05, 4.69) is 6.58 Å². The van der Waals surface area contributed by atoms with E-state index in [4.69, 9.17) is 0 Å². The minimum atomic E-state index is 0. The van der Waals surface area contributed by atoms with Crippen molar-refractivity contribution >= 4 is 51.4 Å². The molecule has 0 spiro atoms. The Morgan fingerprint density at radius 3 is 2.20 bits per heavy atom. The van der Waals surface area contributed by atoms with Crippen molar-refractivity contribution in [3.63, 3.8) is 0 Å². The third-order valence-electron chi connectivity index (χ3n) is 0.973. The summed E-state index contributed by atoms with van der Waals surface area (Å²) in [5.74, 6) is 0.00694. The van der Waals surface area contributed by atoms with Gasteiger partial charge in [-0.1, -0.05) is 30.4 Å². The molecule has 1 rings (SSSR count). The van der Waals surface area contributed by atoms with Crippen molar-refractivity contribution in [1.29, 1.82) is 0 Å². The molecule has 3 heteroatoms. The van der Waals surface area contributed by atoms with Crippen LogP contribution in [0.15, 0.2) is 36.1 Å². The van der Waals surface area contributed by atoms with E-state index in [9.17, 15) is 5.11 Å². The summed E-state index contributed by atoms with van der Waals surface area (Å²) in [5, 5.41) is 10.6. The zero-order valence-corrected chi connectivity index (χ0v) is 9.55. The van der Waals surface area contributed by atoms with Gasteiger partial charge in [0.25, 0.3) is 0 Å². The van der Waals surface area contributed by atoms with Gasteiger partial charge in [-0.05, 0) is 0 Å². The normalized spacial score (nSPS) is 14.8. The third-order valence-corrected chi connectivity index (χ3v) is 0.973. The standard InChI is InChI=1S/C7H7O.K.Li/c1-6-4-2-3-5-7(6)8;;/h2-5,8H,1H2;;/q;;+1/p-1. The van der Waals surface area contributed by atoms with Crippen LogP contribution in [-0.2, 0) is 0 Å². The Morgan fingerprint density at radius 2 is 1.90 bits per heavy atom. The number of allylic oxidation sites excluding steroid dienone is 4. The molecule has 0 aliphatic heterocycles.